The van der Waals surface area contributed by atoms with Crippen LogP contribution >= 0.6 is 0 Å². The molecular weight excluding hydrogens is 566 g/mol. The zero-order valence-corrected chi connectivity index (χ0v) is 23.3. The van der Waals surface area contributed by atoms with Crippen molar-refractivity contribution in [2.24, 2.45) is 0 Å². The average molecular weight is 601 g/mol. The summed E-state index contributed by atoms with van der Waals surface area (Å²) in [6, 6.07) is 10.7. The lowest BCUT2D eigenvalue weighted by Gasteiger charge is -2.47. The molecule has 0 spiro atoms. The predicted octanol–water partition coefficient (Wildman–Crippen LogP) is 6.18. The van der Waals surface area contributed by atoms with Gasteiger partial charge in [0.15, 0.2) is 0 Å². The lowest BCUT2D eigenvalue weighted by atomic mass is 9.76. The number of H-pyrrole nitrogens is 1. The lowest BCUT2D eigenvalue weighted by molar-refractivity contribution is -0.143. The van der Waals surface area contributed by atoms with E-state index in [9.17, 15) is 31.1 Å². The molecule has 230 valence electrons. The molecule has 1 aliphatic rings. The molecule has 0 amide bonds. The Balaban J connectivity index is 1.61. The minimum Gasteiger partial charge on any atom is -0.379 e. The van der Waals surface area contributed by atoms with Crippen molar-refractivity contribution in [2.75, 3.05) is 26.4 Å². The van der Waals surface area contributed by atoms with Gasteiger partial charge in [0, 0.05) is 13.2 Å². The summed E-state index contributed by atoms with van der Waals surface area (Å²) in [7, 11) is 0. The number of nitrogens with one attached hydrogen (secondary N) is 2. The van der Waals surface area contributed by atoms with Gasteiger partial charge < -0.3 is 14.8 Å². The molecule has 2 N–H and O–H groups in total. The van der Waals surface area contributed by atoms with Crippen molar-refractivity contribution in [1.29, 1.82) is 0 Å². The lowest BCUT2D eigenvalue weighted by Crippen LogP contribution is -2.61. The Labute approximate surface area is 239 Å². The van der Waals surface area contributed by atoms with Gasteiger partial charge in [-0.25, -0.2) is 9.89 Å². The third-order valence-corrected chi connectivity index (χ3v) is 7.83. The molecule has 1 fully saturated rings. The normalized spacial score (nSPS) is 22.3. The van der Waals surface area contributed by atoms with Gasteiger partial charge in [0.05, 0.1) is 41.5 Å². The number of aromatic nitrogens is 3. The standard InChI is InChI=1S/C29H34F6N4O3/c1-3-4-12-41-17-26(39-19-37-38-25(39)40)10-11-27(36-16-26,22-8-6-5-7-9-22)18-42-20(2)21-13-23(28(30,31)32)15-24(14-21)29(33,34)35/h5-9,13-15,19-20,36H,3-4,10-12,16-18H2,1-2H3,(H,38,40)/t20-,26+,27-/m1/s1. The van der Waals surface area contributed by atoms with Crippen molar-refractivity contribution >= 4 is 0 Å². The number of benzene rings is 2. The average Bonchev–Trinajstić information content (AvgIpc) is 3.40. The largest absolute Gasteiger partial charge is 0.416 e. The number of aromatic amines is 1. The summed E-state index contributed by atoms with van der Waals surface area (Å²) >= 11 is 0. The molecule has 2 heterocycles. The number of nitrogens with zero attached hydrogens (tertiary/aromatic N) is 2. The van der Waals surface area contributed by atoms with E-state index in [2.05, 4.69) is 15.5 Å². The highest BCUT2D eigenvalue weighted by Gasteiger charge is 2.46. The van der Waals surface area contributed by atoms with Gasteiger partial charge in [-0.15, -0.1) is 0 Å². The quantitative estimate of drug-likeness (QED) is 0.203. The number of ether oxygens (including phenoxy) is 2. The van der Waals surface area contributed by atoms with E-state index in [0.717, 1.165) is 18.4 Å². The second kappa shape index (κ2) is 12.6. The first-order valence-corrected chi connectivity index (χ1v) is 13.7. The summed E-state index contributed by atoms with van der Waals surface area (Å²) in [5, 5.41) is 9.81. The number of unbranched alkanes of at least 4 members (excludes halogenated alkanes) is 1. The maximum atomic E-state index is 13.4. The minimum absolute atomic E-state index is 0.0527. The number of halogens is 6. The number of hydrogen-bond acceptors (Lipinski definition) is 5. The maximum absolute atomic E-state index is 13.4. The van der Waals surface area contributed by atoms with Crippen LogP contribution in [0.3, 0.4) is 0 Å². The molecule has 13 heteroatoms. The number of rotatable bonds is 11. The first-order chi connectivity index (χ1) is 19.8. The van der Waals surface area contributed by atoms with Crippen molar-refractivity contribution < 1.29 is 35.8 Å². The summed E-state index contributed by atoms with van der Waals surface area (Å²) in [4.78, 5) is 12.6. The summed E-state index contributed by atoms with van der Waals surface area (Å²) in [5.41, 5.74) is -4.20. The second-order valence-corrected chi connectivity index (χ2v) is 10.8. The Bertz CT molecular complexity index is 1330. The second-order valence-electron chi connectivity index (χ2n) is 10.8. The van der Waals surface area contributed by atoms with E-state index in [1.54, 1.807) is 0 Å². The van der Waals surface area contributed by atoms with Gasteiger partial charge >= 0.3 is 18.0 Å². The van der Waals surface area contributed by atoms with Gasteiger partial charge in [-0.3, -0.25) is 4.57 Å². The Morgan fingerprint density at radius 1 is 1.00 bits per heavy atom. The zero-order chi connectivity index (χ0) is 30.6. The van der Waals surface area contributed by atoms with Crippen molar-refractivity contribution in [1.82, 2.24) is 20.1 Å². The van der Waals surface area contributed by atoms with Crippen LogP contribution < -0.4 is 11.0 Å². The molecule has 1 saturated heterocycles. The minimum atomic E-state index is -4.96. The highest BCUT2D eigenvalue weighted by atomic mass is 19.4. The van der Waals surface area contributed by atoms with E-state index in [1.165, 1.54) is 17.8 Å². The molecular formula is C29H34F6N4O3. The van der Waals surface area contributed by atoms with Gasteiger partial charge in [-0.2, -0.15) is 31.4 Å². The molecule has 7 nitrogen and oxygen atoms in total. The monoisotopic (exact) mass is 600 g/mol. The Morgan fingerprint density at radius 2 is 1.67 bits per heavy atom. The SMILES string of the molecule is CCCCOC[C@]1(n2cn[nH]c2=O)CC[C@@](CO[C@H](C)c2cc(C(F)(F)F)cc(C(F)(F)F)c2)(c2ccccc2)NC1. The first-order valence-electron chi connectivity index (χ1n) is 13.7. The Kier molecular flexibility index (Phi) is 9.53. The van der Waals surface area contributed by atoms with Crippen molar-refractivity contribution in [2.45, 2.75) is 69.1 Å². The van der Waals surface area contributed by atoms with Gasteiger partial charge in [0.1, 0.15) is 6.33 Å². The van der Waals surface area contributed by atoms with Crippen LogP contribution in [-0.2, 0) is 32.9 Å². The van der Waals surface area contributed by atoms with Gasteiger partial charge in [0.25, 0.3) is 0 Å². The number of alkyl halides is 6. The van der Waals surface area contributed by atoms with E-state index in [-0.39, 0.29) is 31.4 Å². The van der Waals surface area contributed by atoms with Crippen molar-refractivity contribution in [3.63, 3.8) is 0 Å². The molecule has 1 aliphatic heterocycles. The van der Waals surface area contributed by atoms with Crippen LogP contribution in [0.15, 0.2) is 59.7 Å². The fourth-order valence-corrected chi connectivity index (χ4v) is 5.24. The van der Waals surface area contributed by atoms with Crippen LogP contribution in [0.4, 0.5) is 26.3 Å². The van der Waals surface area contributed by atoms with E-state index in [4.69, 9.17) is 9.47 Å². The molecule has 0 aliphatic carbocycles. The molecule has 42 heavy (non-hydrogen) atoms. The van der Waals surface area contributed by atoms with Crippen LogP contribution in [0.2, 0.25) is 0 Å². The topological polar surface area (TPSA) is 81.2 Å². The van der Waals surface area contributed by atoms with Gasteiger partial charge in [-0.05, 0) is 55.5 Å². The molecule has 0 unspecified atom stereocenters. The van der Waals surface area contributed by atoms with Gasteiger partial charge in [-0.1, -0.05) is 43.7 Å². The van der Waals surface area contributed by atoms with Crippen LogP contribution in [0.5, 0.6) is 0 Å². The summed E-state index contributed by atoms with van der Waals surface area (Å²) in [6.45, 7) is 4.45. The highest BCUT2D eigenvalue weighted by molar-refractivity contribution is 5.35. The molecule has 0 saturated carbocycles. The van der Waals surface area contributed by atoms with Crippen molar-refractivity contribution in [3.8, 4) is 0 Å². The van der Waals surface area contributed by atoms with E-state index in [1.807, 2.05) is 37.3 Å². The van der Waals surface area contributed by atoms with E-state index < -0.39 is 46.4 Å². The van der Waals surface area contributed by atoms with Gasteiger partial charge in [0.2, 0.25) is 0 Å². The summed E-state index contributed by atoms with van der Waals surface area (Å²) < 4.78 is 94.2. The Morgan fingerprint density at radius 3 is 2.19 bits per heavy atom. The van der Waals surface area contributed by atoms with E-state index >= 15 is 0 Å². The molecule has 1 aromatic heterocycles. The number of piperidine rings is 1. The van der Waals surface area contributed by atoms with Crippen LogP contribution in [0, 0.1) is 0 Å². The Hall–Kier alpha value is -3.16. The fourth-order valence-electron chi connectivity index (χ4n) is 5.24. The smallest absolute Gasteiger partial charge is 0.379 e. The maximum Gasteiger partial charge on any atom is 0.416 e. The molecule has 0 bridgehead atoms. The van der Waals surface area contributed by atoms with Crippen LogP contribution in [0.25, 0.3) is 0 Å². The highest BCUT2D eigenvalue weighted by Crippen LogP contribution is 2.40. The number of hydrogen-bond donors (Lipinski definition) is 2. The molecule has 3 aromatic rings. The summed E-state index contributed by atoms with van der Waals surface area (Å²) in [5.74, 6) is 0. The van der Waals surface area contributed by atoms with E-state index in [0.29, 0.717) is 31.6 Å². The van der Waals surface area contributed by atoms with Crippen LogP contribution in [0.1, 0.15) is 67.9 Å². The fraction of sp³-hybridized carbons (Fsp3) is 0.517. The molecule has 2 aromatic carbocycles. The predicted molar refractivity (Wildman–Crippen MR) is 143 cm³/mol. The molecule has 0 radical (unpaired) electrons. The molecule has 4 rings (SSSR count). The van der Waals surface area contributed by atoms with Crippen molar-refractivity contribution in [3.05, 3.63) is 87.6 Å². The third kappa shape index (κ3) is 7.07. The molecule has 3 atom stereocenters. The van der Waals surface area contributed by atoms with Crippen LogP contribution in [-0.4, -0.2) is 41.1 Å². The summed E-state index contributed by atoms with van der Waals surface area (Å²) in [6.07, 6.45) is -6.90. The first kappa shape index (κ1) is 31.8. The third-order valence-electron chi connectivity index (χ3n) is 7.83. The zero-order valence-electron chi connectivity index (χ0n) is 23.3.